The zero-order valence-corrected chi connectivity index (χ0v) is 8.15. The number of hydrogen-bond acceptors (Lipinski definition) is 3. The molecule has 0 aliphatic rings. The smallest absolute Gasteiger partial charge is 0.281 e. The number of pyridine rings is 1. The van der Waals surface area contributed by atoms with Crippen molar-refractivity contribution in [3.63, 3.8) is 0 Å². The first-order chi connectivity index (χ1) is 6.24. The lowest BCUT2D eigenvalue weighted by Gasteiger charge is -1.96. The Bertz CT molecular complexity index is 324. The lowest BCUT2D eigenvalue weighted by atomic mass is 10.2. The van der Waals surface area contributed by atoms with Gasteiger partial charge in [0.05, 0.1) is 4.48 Å². The van der Waals surface area contributed by atoms with Crippen LogP contribution in [0.1, 0.15) is 5.56 Å². The number of hydrogen-bond donors (Lipinski definition) is 2. The van der Waals surface area contributed by atoms with E-state index in [-0.39, 0.29) is 4.48 Å². The molecule has 4 nitrogen and oxygen atoms in total. The van der Waals surface area contributed by atoms with E-state index >= 15 is 0 Å². The average Bonchev–Trinajstić information content (AvgIpc) is 2.18. The predicted molar refractivity (Wildman–Crippen MR) is 51.1 cm³/mol. The van der Waals surface area contributed by atoms with Gasteiger partial charge in [0.25, 0.3) is 5.91 Å². The lowest BCUT2D eigenvalue weighted by molar-refractivity contribution is -0.124. The van der Waals surface area contributed by atoms with E-state index in [2.05, 4.69) is 20.9 Å². The van der Waals surface area contributed by atoms with Crippen LogP contribution in [0, 0.1) is 0 Å². The van der Waals surface area contributed by atoms with E-state index in [9.17, 15) is 4.79 Å². The van der Waals surface area contributed by atoms with E-state index in [1.54, 1.807) is 30.6 Å². The van der Waals surface area contributed by atoms with Crippen LogP contribution in [-0.4, -0.2) is 16.1 Å². The minimum absolute atomic E-state index is 0.251. The largest absolute Gasteiger partial charge is 0.288 e. The molecule has 2 N–H and O–H groups in total. The normalized spacial score (nSPS) is 11.1. The van der Waals surface area contributed by atoms with Crippen LogP contribution in [0.3, 0.4) is 0 Å². The van der Waals surface area contributed by atoms with Crippen molar-refractivity contribution in [1.29, 1.82) is 0 Å². The Morgan fingerprint density at radius 1 is 1.54 bits per heavy atom. The van der Waals surface area contributed by atoms with Crippen molar-refractivity contribution in [3.8, 4) is 0 Å². The topological polar surface area (TPSA) is 62.2 Å². The summed E-state index contributed by atoms with van der Waals surface area (Å²) in [5.74, 6) is -0.586. The number of halogens is 1. The summed E-state index contributed by atoms with van der Waals surface area (Å²) in [6.07, 6.45) is 4.80. The van der Waals surface area contributed by atoms with Crippen molar-refractivity contribution in [2.45, 2.75) is 0 Å². The minimum atomic E-state index is -0.586. The molecule has 0 saturated carbocycles. The molecule has 0 aromatic carbocycles. The molecule has 0 bridgehead atoms. The van der Waals surface area contributed by atoms with E-state index in [0.29, 0.717) is 0 Å². The summed E-state index contributed by atoms with van der Waals surface area (Å²) in [6, 6.07) is 3.48. The van der Waals surface area contributed by atoms with Gasteiger partial charge in [0.15, 0.2) is 0 Å². The Labute approximate surface area is 83.4 Å². The molecule has 0 aliphatic heterocycles. The number of hydroxylamine groups is 1. The van der Waals surface area contributed by atoms with Crippen molar-refractivity contribution in [2.75, 3.05) is 0 Å². The van der Waals surface area contributed by atoms with Crippen LogP contribution >= 0.6 is 15.9 Å². The third kappa shape index (κ3) is 2.96. The second kappa shape index (κ2) is 4.74. The molecular formula is C8H7BrN2O2. The molecule has 1 rings (SSSR count). The zero-order chi connectivity index (χ0) is 9.68. The molecule has 0 radical (unpaired) electrons. The standard InChI is InChI=1S/C8H7BrN2O2/c9-7(8(12)11-13)5-6-1-3-10-4-2-6/h1-5,13H,(H,11,12)/b7-5-. The Hall–Kier alpha value is -1.20. The zero-order valence-electron chi connectivity index (χ0n) is 6.57. The molecule has 1 aromatic heterocycles. The fourth-order valence-electron chi connectivity index (χ4n) is 0.725. The van der Waals surface area contributed by atoms with Gasteiger partial charge < -0.3 is 0 Å². The Kier molecular flexibility index (Phi) is 3.60. The van der Waals surface area contributed by atoms with Gasteiger partial charge in [-0.3, -0.25) is 15.0 Å². The number of rotatable bonds is 2. The predicted octanol–water partition coefficient (Wildman–Crippen LogP) is 1.32. The van der Waals surface area contributed by atoms with Crippen molar-refractivity contribution in [1.82, 2.24) is 10.5 Å². The summed E-state index contributed by atoms with van der Waals surface area (Å²) in [7, 11) is 0. The van der Waals surface area contributed by atoms with Gasteiger partial charge >= 0.3 is 0 Å². The summed E-state index contributed by atoms with van der Waals surface area (Å²) in [5.41, 5.74) is 2.34. The van der Waals surface area contributed by atoms with E-state index in [4.69, 9.17) is 5.21 Å². The first-order valence-electron chi connectivity index (χ1n) is 3.45. The molecule has 68 valence electrons. The van der Waals surface area contributed by atoms with Crippen molar-refractivity contribution in [2.24, 2.45) is 0 Å². The Balaban J connectivity index is 2.83. The number of amides is 1. The maximum absolute atomic E-state index is 10.8. The minimum Gasteiger partial charge on any atom is -0.288 e. The maximum Gasteiger partial charge on any atom is 0.281 e. The summed E-state index contributed by atoms with van der Waals surface area (Å²) in [6.45, 7) is 0. The van der Waals surface area contributed by atoms with Crippen molar-refractivity contribution >= 4 is 27.9 Å². The summed E-state index contributed by atoms with van der Waals surface area (Å²) >= 11 is 3.01. The highest BCUT2D eigenvalue weighted by Gasteiger charge is 2.02. The highest BCUT2D eigenvalue weighted by atomic mass is 79.9. The van der Waals surface area contributed by atoms with Gasteiger partial charge in [0, 0.05) is 12.4 Å². The van der Waals surface area contributed by atoms with Gasteiger partial charge in [0.1, 0.15) is 0 Å². The molecule has 1 aromatic rings. The fraction of sp³-hybridized carbons (Fsp3) is 0. The second-order valence-corrected chi connectivity index (χ2v) is 3.07. The quantitative estimate of drug-likeness (QED) is 0.467. The average molecular weight is 243 g/mol. The number of nitrogens with zero attached hydrogens (tertiary/aromatic N) is 1. The first-order valence-corrected chi connectivity index (χ1v) is 4.25. The van der Waals surface area contributed by atoms with Crippen LogP contribution in [0.4, 0.5) is 0 Å². The van der Waals surface area contributed by atoms with Crippen LogP contribution < -0.4 is 5.48 Å². The third-order valence-corrected chi connectivity index (χ3v) is 1.91. The monoisotopic (exact) mass is 242 g/mol. The van der Waals surface area contributed by atoms with Crippen LogP contribution in [0.15, 0.2) is 29.0 Å². The van der Waals surface area contributed by atoms with Gasteiger partial charge in [-0.15, -0.1) is 0 Å². The van der Waals surface area contributed by atoms with Gasteiger partial charge in [0.2, 0.25) is 0 Å². The molecule has 13 heavy (non-hydrogen) atoms. The first kappa shape index (κ1) is 9.88. The molecular weight excluding hydrogens is 236 g/mol. The number of carbonyl (C=O) groups excluding carboxylic acids is 1. The van der Waals surface area contributed by atoms with Crippen LogP contribution in [0.2, 0.25) is 0 Å². The molecule has 1 heterocycles. The maximum atomic E-state index is 10.8. The highest BCUT2D eigenvalue weighted by molar-refractivity contribution is 9.12. The molecule has 0 spiro atoms. The molecule has 1 amide bonds. The van der Waals surface area contributed by atoms with Crippen LogP contribution in [-0.2, 0) is 4.79 Å². The molecule has 0 aliphatic carbocycles. The summed E-state index contributed by atoms with van der Waals surface area (Å²) in [5, 5.41) is 8.30. The van der Waals surface area contributed by atoms with Crippen LogP contribution in [0.25, 0.3) is 6.08 Å². The number of aromatic nitrogens is 1. The summed E-state index contributed by atoms with van der Waals surface area (Å²) in [4.78, 5) is 14.6. The number of nitrogens with one attached hydrogen (secondary N) is 1. The third-order valence-electron chi connectivity index (χ3n) is 1.32. The number of carbonyl (C=O) groups is 1. The van der Waals surface area contributed by atoms with E-state index in [1.807, 2.05) is 0 Å². The van der Waals surface area contributed by atoms with Gasteiger partial charge in [-0.25, -0.2) is 5.48 Å². The molecule has 5 heteroatoms. The van der Waals surface area contributed by atoms with E-state index < -0.39 is 5.91 Å². The second-order valence-electron chi connectivity index (χ2n) is 2.21. The molecule has 0 atom stereocenters. The van der Waals surface area contributed by atoms with Gasteiger partial charge in [-0.1, -0.05) is 0 Å². The van der Waals surface area contributed by atoms with Crippen molar-refractivity contribution in [3.05, 3.63) is 34.6 Å². The van der Waals surface area contributed by atoms with Gasteiger partial charge in [-0.05, 0) is 39.7 Å². The van der Waals surface area contributed by atoms with Crippen LogP contribution in [0.5, 0.6) is 0 Å². The SMILES string of the molecule is O=C(NO)/C(Br)=C/c1ccncc1. The molecule has 0 saturated heterocycles. The van der Waals surface area contributed by atoms with Gasteiger partial charge in [-0.2, -0.15) is 0 Å². The molecule has 0 unspecified atom stereocenters. The summed E-state index contributed by atoms with van der Waals surface area (Å²) < 4.78 is 0.251. The van der Waals surface area contributed by atoms with Crippen molar-refractivity contribution < 1.29 is 10.0 Å². The lowest BCUT2D eigenvalue weighted by Crippen LogP contribution is -2.17. The fourth-order valence-corrected chi connectivity index (χ4v) is 1.08. The highest BCUT2D eigenvalue weighted by Crippen LogP contribution is 2.10. The Morgan fingerprint density at radius 3 is 2.69 bits per heavy atom. The Morgan fingerprint density at radius 2 is 2.15 bits per heavy atom. The molecule has 0 fully saturated rings. The van der Waals surface area contributed by atoms with E-state index in [1.165, 1.54) is 5.48 Å². The van der Waals surface area contributed by atoms with E-state index in [0.717, 1.165) is 5.56 Å².